The van der Waals surface area contributed by atoms with Crippen molar-refractivity contribution in [2.45, 2.75) is 77.6 Å². The highest BCUT2D eigenvalue weighted by Gasteiger charge is 2.49. The van der Waals surface area contributed by atoms with Gasteiger partial charge < -0.3 is 4.90 Å². The minimum Gasteiger partial charge on any atom is -0.372 e. The van der Waals surface area contributed by atoms with Crippen molar-refractivity contribution in [3.05, 3.63) is 108 Å². The van der Waals surface area contributed by atoms with Crippen molar-refractivity contribution in [2.75, 3.05) is 24.5 Å². The number of nitrogens with zero attached hydrogens (tertiary/aromatic N) is 3. The zero-order valence-electron chi connectivity index (χ0n) is 26.4. The summed E-state index contributed by atoms with van der Waals surface area (Å²) >= 11 is 0. The molecule has 2 heterocycles. The van der Waals surface area contributed by atoms with E-state index >= 15 is 0 Å². The second kappa shape index (κ2) is 13.3. The summed E-state index contributed by atoms with van der Waals surface area (Å²) < 4.78 is 2.65. The van der Waals surface area contributed by atoms with Crippen LogP contribution in [0.1, 0.15) is 82.5 Å². The summed E-state index contributed by atoms with van der Waals surface area (Å²) in [5.41, 5.74) is 7.68. The van der Waals surface area contributed by atoms with Gasteiger partial charge in [0.2, 0.25) is 5.69 Å². The molecule has 2 aliphatic rings. The molecule has 1 aromatic heterocycles. The van der Waals surface area contributed by atoms with Crippen molar-refractivity contribution < 1.29 is 4.58 Å². The largest absolute Gasteiger partial charge is 0.372 e. The van der Waals surface area contributed by atoms with E-state index in [4.69, 9.17) is 4.98 Å². The van der Waals surface area contributed by atoms with E-state index in [1.54, 1.807) is 0 Å². The zero-order valence-corrected chi connectivity index (χ0v) is 26.4. The van der Waals surface area contributed by atoms with Crippen molar-refractivity contribution in [3.8, 4) is 0 Å². The fraction of sp³-hybridized carbons (Fsp3) is 0.400. The molecule has 222 valence electrons. The van der Waals surface area contributed by atoms with Crippen LogP contribution < -0.4 is 4.90 Å². The fourth-order valence-electron chi connectivity index (χ4n) is 7.74. The summed E-state index contributed by atoms with van der Waals surface area (Å²) in [6, 6.07) is 29.0. The van der Waals surface area contributed by atoms with E-state index in [1.165, 1.54) is 83.9 Å². The normalized spacial score (nSPS) is 18.7. The summed E-state index contributed by atoms with van der Waals surface area (Å²) in [7, 11) is 0. The quantitative estimate of drug-likeness (QED) is 0.125. The van der Waals surface area contributed by atoms with Crippen LogP contribution in [-0.2, 0) is 11.8 Å². The predicted octanol–water partition coefficient (Wildman–Crippen LogP) is 9.75. The number of allylic oxidation sites excluding steroid dienone is 1. The van der Waals surface area contributed by atoms with E-state index in [2.05, 4.69) is 115 Å². The Morgan fingerprint density at radius 2 is 1.63 bits per heavy atom. The number of fused-ring (bicyclic) bond motifs is 3. The number of anilines is 1. The van der Waals surface area contributed by atoms with Gasteiger partial charge in [0.15, 0.2) is 5.71 Å². The lowest BCUT2D eigenvalue weighted by Gasteiger charge is -2.23. The van der Waals surface area contributed by atoms with Crippen LogP contribution in [-0.4, -0.2) is 34.9 Å². The first-order valence-corrected chi connectivity index (χ1v) is 16.7. The summed E-state index contributed by atoms with van der Waals surface area (Å²) in [6.07, 6.45) is 17.2. The highest BCUT2D eigenvalue weighted by Crippen LogP contribution is 2.46. The third-order valence-electron chi connectivity index (χ3n) is 10.0. The molecule has 1 atom stereocenters. The number of pyridine rings is 1. The maximum atomic E-state index is 4.82. The Morgan fingerprint density at radius 3 is 2.37 bits per heavy atom. The molecule has 0 amide bonds. The molecule has 6 rings (SSSR count). The standard InChI is InChI=1S/C40H48N3/c1-4-42(5-2)35-24-20-32(21-25-35)22-27-38-40(3,30-34-18-10-12-28-41-34)39-36-19-9-8-17-33(36)23-26-37(39)43(38)29-13-11-16-31-14-6-7-15-31/h8-10,12,17-28,31H,4-7,11,13-16,29-30H2,1-3H3/q+1. The molecule has 3 aromatic carbocycles. The van der Waals surface area contributed by atoms with Gasteiger partial charge in [0.25, 0.3) is 0 Å². The summed E-state index contributed by atoms with van der Waals surface area (Å²) in [5, 5.41) is 2.67. The first-order chi connectivity index (χ1) is 21.1. The molecule has 3 heteroatoms. The maximum Gasteiger partial charge on any atom is 0.210 e. The lowest BCUT2D eigenvalue weighted by atomic mass is 9.73. The molecule has 1 unspecified atom stereocenters. The first-order valence-electron chi connectivity index (χ1n) is 16.7. The molecular formula is C40H48N3+. The SMILES string of the molecule is CCN(CC)c1ccc(C=CC2=[N+](CCCCC3CCCC3)c3ccc4ccccc4c3C2(C)Cc2ccccn2)cc1. The number of unbranched alkanes of at least 4 members (excludes halogenated alkanes) is 1. The topological polar surface area (TPSA) is 19.1 Å². The van der Waals surface area contributed by atoms with E-state index in [9.17, 15) is 0 Å². The van der Waals surface area contributed by atoms with Crippen molar-refractivity contribution in [1.82, 2.24) is 4.98 Å². The number of rotatable bonds is 12. The first kappa shape index (κ1) is 29.4. The van der Waals surface area contributed by atoms with Gasteiger partial charge in [-0.2, -0.15) is 4.58 Å². The molecule has 3 nitrogen and oxygen atoms in total. The molecule has 0 bridgehead atoms. The van der Waals surface area contributed by atoms with Crippen LogP contribution in [0, 0.1) is 5.92 Å². The third kappa shape index (κ3) is 6.18. The van der Waals surface area contributed by atoms with E-state index in [0.717, 1.165) is 37.7 Å². The summed E-state index contributed by atoms with van der Waals surface area (Å²) in [6.45, 7) is 10.0. The average molecular weight is 571 g/mol. The molecule has 0 spiro atoms. The Morgan fingerprint density at radius 1 is 0.860 bits per heavy atom. The summed E-state index contributed by atoms with van der Waals surface area (Å²) in [4.78, 5) is 7.22. The van der Waals surface area contributed by atoms with Crippen LogP contribution in [0.2, 0.25) is 0 Å². The van der Waals surface area contributed by atoms with Gasteiger partial charge in [0, 0.05) is 61.2 Å². The van der Waals surface area contributed by atoms with Crippen molar-refractivity contribution in [2.24, 2.45) is 5.92 Å². The van der Waals surface area contributed by atoms with Crippen LogP contribution in [0.5, 0.6) is 0 Å². The van der Waals surface area contributed by atoms with Gasteiger partial charge in [-0.1, -0.05) is 74.6 Å². The van der Waals surface area contributed by atoms with E-state index in [-0.39, 0.29) is 5.41 Å². The monoisotopic (exact) mass is 570 g/mol. The molecule has 1 aliphatic heterocycles. The van der Waals surface area contributed by atoms with E-state index in [1.807, 2.05) is 12.3 Å². The van der Waals surface area contributed by atoms with Gasteiger partial charge in [-0.3, -0.25) is 4.98 Å². The van der Waals surface area contributed by atoms with Gasteiger partial charge in [-0.05, 0) is 85.9 Å². The summed E-state index contributed by atoms with van der Waals surface area (Å²) in [5.74, 6) is 0.951. The van der Waals surface area contributed by atoms with Crippen molar-refractivity contribution in [3.63, 3.8) is 0 Å². The Kier molecular flexibility index (Phi) is 9.07. The Bertz CT molecular complexity index is 1570. The second-order valence-electron chi connectivity index (χ2n) is 12.8. The molecular weight excluding hydrogens is 522 g/mol. The highest BCUT2D eigenvalue weighted by molar-refractivity contribution is 6.09. The van der Waals surface area contributed by atoms with Crippen LogP contribution in [0.3, 0.4) is 0 Å². The van der Waals surface area contributed by atoms with Crippen LogP contribution in [0.4, 0.5) is 11.4 Å². The Balaban J connectivity index is 1.41. The second-order valence-corrected chi connectivity index (χ2v) is 12.8. The Labute approximate surface area is 259 Å². The molecule has 1 fully saturated rings. The average Bonchev–Trinajstić information content (AvgIpc) is 3.64. The van der Waals surface area contributed by atoms with Crippen LogP contribution >= 0.6 is 0 Å². The Hall–Kier alpha value is -3.72. The molecule has 1 saturated carbocycles. The van der Waals surface area contributed by atoms with Gasteiger partial charge >= 0.3 is 0 Å². The van der Waals surface area contributed by atoms with Crippen molar-refractivity contribution >= 4 is 33.9 Å². The third-order valence-corrected chi connectivity index (χ3v) is 10.0. The number of benzene rings is 3. The van der Waals surface area contributed by atoms with Gasteiger partial charge in [-0.25, -0.2) is 0 Å². The smallest absolute Gasteiger partial charge is 0.210 e. The van der Waals surface area contributed by atoms with Crippen molar-refractivity contribution in [1.29, 1.82) is 0 Å². The lowest BCUT2D eigenvalue weighted by molar-refractivity contribution is -0.438. The minimum absolute atomic E-state index is 0.201. The lowest BCUT2D eigenvalue weighted by Crippen LogP contribution is -2.34. The molecule has 1 aliphatic carbocycles. The van der Waals surface area contributed by atoms with Crippen LogP contribution in [0.25, 0.3) is 16.8 Å². The maximum absolute atomic E-state index is 4.82. The molecule has 43 heavy (non-hydrogen) atoms. The molecule has 0 saturated heterocycles. The zero-order chi connectivity index (χ0) is 29.6. The molecule has 4 aromatic rings. The molecule has 0 radical (unpaired) electrons. The highest BCUT2D eigenvalue weighted by atomic mass is 15.1. The number of hydrogen-bond acceptors (Lipinski definition) is 2. The molecule has 0 N–H and O–H groups in total. The predicted molar refractivity (Wildman–Crippen MR) is 184 cm³/mol. The van der Waals surface area contributed by atoms with E-state index < -0.39 is 0 Å². The fourth-order valence-corrected chi connectivity index (χ4v) is 7.74. The number of aromatic nitrogens is 1. The number of hydrogen-bond donors (Lipinski definition) is 0. The van der Waals surface area contributed by atoms with E-state index in [0.29, 0.717) is 0 Å². The minimum atomic E-state index is -0.201. The van der Waals surface area contributed by atoms with Gasteiger partial charge in [-0.15, -0.1) is 0 Å². The van der Waals surface area contributed by atoms with Gasteiger partial charge in [0.1, 0.15) is 6.54 Å². The van der Waals surface area contributed by atoms with Gasteiger partial charge in [0.05, 0.1) is 5.41 Å². The van der Waals surface area contributed by atoms with Crippen LogP contribution in [0.15, 0.2) is 91.1 Å².